The van der Waals surface area contributed by atoms with Crippen LogP contribution in [0.3, 0.4) is 0 Å². The molecular formula is C20H38O4. The van der Waals surface area contributed by atoms with Gasteiger partial charge in [-0.3, -0.25) is 9.59 Å². The summed E-state index contributed by atoms with van der Waals surface area (Å²) in [7, 11) is 0. The van der Waals surface area contributed by atoms with Crippen molar-refractivity contribution in [2.75, 3.05) is 6.61 Å². The fourth-order valence-electron chi connectivity index (χ4n) is 2.82. The van der Waals surface area contributed by atoms with E-state index in [0.29, 0.717) is 13.0 Å². The number of carboxylic acid groups (broad SMARTS) is 1. The second-order valence-corrected chi connectivity index (χ2v) is 6.76. The van der Waals surface area contributed by atoms with Crippen LogP contribution in [-0.4, -0.2) is 23.7 Å². The van der Waals surface area contributed by atoms with Gasteiger partial charge in [-0.25, -0.2) is 0 Å². The third-order valence-corrected chi connectivity index (χ3v) is 4.45. The number of ether oxygens (including phenoxy) is 1. The van der Waals surface area contributed by atoms with E-state index >= 15 is 0 Å². The third-order valence-electron chi connectivity index (χ3n) is 4.45. The van der Waals surface area contributed by atoms with Gasteiger partial charge in [0.05, 0.1) is 12.5 Å². The van der Waals surface area contributed by atoms with Gasteiger partial charge in [0.15, 0.2) is 0 Å². The number of hydrogen-bond acceptors (Lipinski definition) is 3. The van der Waals surface area contributed by atoms with Crippen LogP contribution >= 0.6 is 0 Å². The van der Waals surface area contributed by atoms with E-state index in [1.165, 1.54) is 25.7 Å². The van der Waals surface area contributed by atoms with Crippen molar-refractivity contribution < 1.29 is 19.4 Å². The molecule has 1 unspecified atom stereocenters. The van der Waals surface area contributed by atoms with E-state index in [1.807, 2.05) is 0 Å². The Labute approximate surface area is 148 Å². The first-order chi connectivity index (χ1) is 11.6. The number of esters is 1. The molecule has 0 radical (unpaired) electrons. The average Bonchev–Trinajstić information content (AvgIpc) is 2.56. The highest BCUT2D eigenvalue weighted by molar-refractivity contribution is 5.70. The number of aliphatic carboxylic acids is 1. The fourth-order valence-corrected chi connectivity index (χ4v) is 2.82. The topological polar surface area (TPSA) is 63.6 Å². The molecule has 0 aromatic heterocycles. The molecule has 0 saturated heterocycles. The summed E-state index contributed by atoms with van der Waals surface area (Å²) in [5.74, 6) is -1.00. The monoisotopic (exact) mass is 342 g/mol. The molecular weight excluding hydrogens is 304 g/mol. The van der Waals surface area contributed by atoms with Gasteiger partial charge in [0.1, 0.15) is 0 Å². The van der Waals surface area contributed by atoms with Crippen molar-refractivity contribution in [1.82, 2.24) is 0 Å². The minimum Gasteiger partial charge on any atom is -0.481 e. The number of rotatable bonds is 17. The first kappa shape index (κ1) is 22.9. The average molecular weight is 343 g/mol. The van der Waals surface area contributed by atoms with Gasteiger partial charge >= 0.3 is 11.9 Å². The van der Waals surface area contributed by atoms with Crippen molar-refractivity contribution in [3.8, 4) is 0 Å². The first-order valence-electron chi connectivity index (χ1n) is 10.00. The van der Waals surface area contributed by atoms with E-state index in [-0.39, 0.29) is 11.9 Å². The van der Waals surface area contributed by atoms with Crippen molar-refractivity contribution in [1.29, 1.82) is 0 Å². The molecule has 1 atom stereocenters. The molecule has 142 valence electrons. The summed E-state index contributed by atoms with van der Waals surface area (Å²) in [5.41, 5.74) is 0. The first-order valence-corrected chi connectivity index (χ1v) is 10.00. The lowest BCUT2D eigenvalue weighted by atomic mass is 9.95. The van der Waals surface area contributed by atoms with Gasteiger partial charge in [0.25, 0.3) is 0 Å². The van der Waals surface area contributed by atoms with Crippen LogP contribution in [0.4, 0.5) is 0 Å². The highest BCUT2D eigenvalue weighted by Gasteiger charge is 2.16. The van der Waals surface area contributed by atoms with E-state index in [2.05, 4.69) is 13.8 Å². The van der Waals surface area contributed by atoms with Crippen LogP contribution in [0.2, 0.25) is 0 Å². The SMILES string of the molecule is CCCCCCCCOC(=O)CCCCCC(CCCC)C(=O)O. The number of carbonyl (C=O) groups excluding carboxylic acids is 1. The molecule has 4 nitrogen and oxygen atoms in total. The van der Waals surface area contributed by atoms with Gasteiger partial charge in [-0.05, 0) is 25.7 Å². The number of hydrogen-bond donors (Lipinski definition) is 1. The Morgan fingerprint density at radius 2 is 1.38 bits per heavy atom. The summed E-state index contributed by atoms with van der Waals surface area (Å²) in [4.78, 5) is 22.7. The molecule has 0 amide bonds. The van der Waals surface area contributed by atoms with Crippen LogP contribution in [0.25, 0.3) is 0 Å². The second kappa shape index (κ2) is 16.8. The third kappa shape index (κ3) is 14.5. The Morgan fingerprint density at radius 1 is 0.792 bits per heavy atom. The highest BCUT2D eigenvalue weighted by atomic mass is 16.5. The standard InChI is InChI=1S/C20H38O4/c1-3-5-7-8-9-13-17-24-19(21)16-12-10-11-15-18(20(22)23)14-6-4-2/h18H,3-17H2,1-2H3,(H,22,23). The van der Waals surface area contributed by atoms with Crippen LogP contribution in [0.5, 0.6) is 0 Å². The molecule has 0 heterocycles. The Kier molecular flexibility index (Phi) is 16.0. The summed E-state index contributed by atoms with van der Waals surface area (Å²) < 4.78 is 5.23. The Hall–Kier alpha value is -1.06. The zero-order chi connectivity index (χ0) is 18.0. The number of carboxylic acids is 1. The molecule has 1 N–H and O–H groups in total. The molecule has 0 fully saturated rings. The van der Waals surface area contributed by atoms with Crippen molar-refractivity contribution >= 4 is 11.9 Å². The zero-order valence-corrected chi connectivity index (χ0v) is 15.9. The molecule has 0 rings (SSSR count). The lowest BCUT2D eigenvalue weighted by Gasteiger charge is -2.11. The van der Waals surface area contributed by atoms with E-state index in [4.69, 9.17) is 9.84 Å². The maximum atomic E-state index is 11.6. The van der Waals surface area contributed by atoms with Gasteiger partial charge in [-0.2, -0.15) is 0 Å². The molecule has 0 aliphatic rings. The highest BCUT2D eigenvalue weighted by Crippen LogP contribution is 2.17. The zero-order valence-electron chi connectivity index (χ0n) is 15.9. The lowest BCUT2D eigenvalue weighted by Crippen LogP contribution is -2.13. The predicted molar refractivity (Wildman–Crippen MR) is 98.1 cm³/mol. The largest absolute Gasteiger partial charge is 0.481 e. The van der Waals surface area contributed by atoms with Crippen LogP contribution < -0.4 is 0 Å². The van der Waals surface area contributed by atoms with Gasteiger partial charge < -0.3 is 9.84 Å². The van der Waals surface area contributed by atoms with Crippen LogP contribution in [0.1, 0.15) is 104 Å². The van der Waals surface area contributed by atoms with Crippen molar-refractivity contribution in [3.05, 3.63) is 0 Å². The summed E-state index contributed by atoms with van der Waals surface area (Å²) in [6.45, 7) is 4.83. The molecule has 24 heavy (non-hydrogen) atoms. The molecule has 0 aliphatic carbocycles. The summed E-state index contributed by atoms with van der Waals surface area (Å²) >= 11 is 0. The van der Waals surface area contributed by atoms with Gasteiger partial charge in [0, 0.05) is 6.42 Å². The fraction of sp³-hybridized carbons (Fsp3) is 0.900. The van der Waals surface area contributed by atoms with Crippen molar-refractivity contribution in [3.63, 3.8) is 0 Å². The van der Waals surface area contributed by atoms with Gasteiger partial charge in [0.2, 0.25) is 0 Å². The Balaban J connectivity index is 3.49. The maximum absolute atomic E-state index is 11.6. The molecule has 0 aliphatic heterocycles. The van der Waals surface area contributed by atoms with Crippen LogP contribution in [-0.2, 0) is 14.3 Å². The Morgan fingerprint density at radius 3 is 2.04 bits per heavy atom. The van der Waals surface area contributed by atoms with Gasteiger partial charge in [-0.15, -0.1) is 0 Å². The molecule has 4 heteroatoms. The van der Waals surface area contributed by atoms with Gasteiger partial charge in [-0.1, -0.05) is 71.6 Å². The Bertz CT molecular complexity index is 315. The van der Waals surface area contributed by atoms with E-state index in [0.717, 1.165) is 57.8 Å². The number of unbranched alkanes of at least 4 members (excludes halogenated alkanes) is 8. The molecule has 0 bridgehead atoms. The normalized spacial score (nSPS) is 12.1. The van der Waals surface area contributed by atoms with Crippen LogP contribution in [0, 0.1) is 5.92 Å². The smallest absolute Gasteiger partial charge is 0.306 e. The van der Waals surface area contributed by atoms with Crippen molar-refractivity contribution in [2.24, 2.45) is 5.92 Å². The molecule has 0 saturated carbocycles. The van der Waals surface area contributed by atoms with E-state index < -0.39 is 5.97 Å². The lowest BCUT2D eigenvalue weighted by molar-refractivity contribution is -0.144. The summed E-state index contributed by atoms with van der Waals surface area (Å²) in [6, 6.07) is 0. The molecule has 0 spiro atoms. The molecule has 0 aromatic carbocycles. The molecule has 0 aromatic rings. The second-order valence-electron chi connectivity index (χ2n) is 6.76. The van der Waals surface area contributed by atoms with E-state index in [1.54, 1.807) is 0 Å². The summed E-state index contributed by atoms with van der Waals surface area (Å²) in [6.07, 6.45) is 13.7. The maximum Gasteiger partial charge on any atom is 0.306 e. The predicted octanol–water partition coefficient (Wildman–Crippen LogP) is 5.73. The van der Waals surface area contributed by atoms with E-state index in [9.17, 15) is 9.59 Å². The number of carbonyl (C=O) groups is 2. The minimum absolute atomic E-state index is 0.107. The quantitative estimate of drug-likeness (QED) is 0.271. The van der Waals surface area contributed by atoms with Crippen molar-refractivity contribution in [2.45, 2.75) is 104 Å². The summed E-state index contributed by atoms with van der Waals surface area (Å²) in [5, 5.41) is 9.16. The van der Waals surface area contributed by atoms with Crippen LogP contribution in [0.15, 0.2) is 0 Å². The minimum atomic E-state index is -0.679.